The van der Waals surface area contributed by atoms with Gasteiger partial charge in [-0.3, -0.25) is 19.7 Å². The second-order valence-electron chi connectivity index (χ2n) is 8.88. The fraction of sp³-hybridized carbons (Fsp3) is 0.192. The number of nitro benzene ring substituents is 1. The van der Waals surface area contributed by atoms with Gasteiger partial charge in [-0.25, -0.2) is 4.90 Å². The number of hydrogen-bond donors (Lipinski definition) is 0. The average molecular weight is 438 g/mol. The first kappa shape index (κ1) is 19.5. The number of aryl methyl sites for hydroxylation is 1. The summed E-state index contributed by atoms with van der Waals surface area (Å²) in [5.74, 6) is -2.95. The molecule has 2 bridgehead atoms. The highest BCUT2D eigenvalue weighted by Crippen LogP contribution is 2.63. The molecule has 1 saturated heterocycles. The van der Waals surface area contributed by atoms with Crippen molar-refractivity contribution in [1.29, 1.82) is 0 Å². The Morgan fingerprint density at radius 2 is 1.55 bits per heavy atom. The summed E-state index contributed by atoms with van der Waals surface area (Å²) in [4.78, 5) is 52.6. The number of anilines is 1. The fourth-order valence-electron chi connectivity index (χ4n) is 6.22. The van der Waals surface area contributed by atoms with Crippen molar-refractivity contribution < 1.29 is 19.3 Å². The number of non-ortho nitro benzene ring substituents is 1. The number of benzene rings is 3. The number of amides is 2. The maximum Gasteiger partial charge on any atom is 0.271 e. The molecule has 3 aromatic rings. The van der Waals surface area contributed by atoms with Crippen LogP contribution in [0.2, 0.25) is 0 Å². The summed E-state index contributed by atoms with van der Waals surface area (Å²) in [6, 6.07) is 19.1. The molecule has 162 valence electrons. The molecular weight excluding hydrogens is 420 g/mol. The van der Waals surface area contributed by atoms with Gasteiger partial charge in [0.05, 0.1) is 27.9 Å². The first-order valence-electron chi connectivity index (χ1n) is 10.7. The summed E-state index contributed by atoms with van der Waals surface area (Å²) >= 11 is 0. The maximum atomic E-state index is 13.9. The van der Waals surface area contributed by atoms with Crippen LogP contribution in [0.25, 0.3) is 0 Å². The number of rotatable bonds is 3. The van der Waals surface area contributed by atoms with E-state index in [1.165, 1.54) is 18.2 Å². The Hall–Kier alpha value is -4.13. The molecule has 0 unspecified atom stereocenters. The Balaban J connectivity index is 1.63. The van der Waals surface area contributed by atoms with E-state index in [4.69, 9.17) is 0 Å². The molecule has 7 rings (SSSR count). The van der Waals surface area contributed by atoms with Gasteiger partial charge in [0.25, 0.3) is 5.69 Å². The molecule has 3 aromatic carbocycles. The van der Waals surface area contributed by atoms with Crippen LogP contribution in [0.5, 0.6) is 0 Å². The average Bonchev–Trinajstić information content (AvgIpc) is 3.10. The predicted octanol–water partition coefficient (Wildman–Crippen LogP) is 3.65. The van der Waals surface area contributed by atoms with Crippen molar-refractivity contribution in [2.45, 2.75) is 18.3 Å². The van der Waals surface area contributed by atoms with Gasteiger partial charge in [-0.1, -0.05) is 54.6 Å². The van der Waals surface area contributed by atoms with E-state index in [2.05, 4.69) is 0 Å². The number of imide groups is 1. The van der Waals surface area contributed by atoms with Crippen molar-refractivity contribution in [3.63, 3.8) is 0 Å². The lowest BCUT2D eigenvalue weighted by atomic mass is 9.48. The van der Waals surface area contributed by atoms with Gasteiger partial charge in [-0.2, -0.15) is 0 Å². The molecule has 33 heavy (non-hydrogen) atoms. The van der Waals surface area contributed by atoms with Crippen molar-refractivity contribution in [3.05, 3.63) is 105 Å². The predicted molar refractivity (Wildman–Crippen MR) is 119 cm³/mol. The van der Waals surface area contributed by atoms with Gasteiger partial charge in [0.15, 0.2) is 0 Å². The molecule has 0 spiro atoms. The molecule has 0 radical (unpaired) electrons. The van der Waals surface area contributed by atoms with Gasteiger partial charge in [-0.15, -0.1) is 0 Å². The van der Waals surface area contributed by atoms with Crippen molar-refractivity contribution in [3.8, 4) is 0 Å². The monoisotopic (exact) mass is 438 g/mol. The Morgan fingerprint density at radius 1 is 0.939 bits per heavy atom. The molecule has 3 aliphatic carbocycles. The minimum Gasteiger partial charge on any atom is -0.302 e. The van der Waals surface area contributed by atoms with Crippen LogP contribution in [-0.2, 0) is 19.8 Å². The van der Waals surface area contributed by atoms with Crippen LogP contribution in [0.4, 0.5) is 11.4 Å². The van der Waals surface area contributed by atoms with Crippen molar-refractivity contribution >= 4 is 29.5 Å². The highest BCUT2D eigenvalue weighted by molar-refractivity contribution is 6.25. The molecule has 1 fully saturated rings. The quantitative estimate of drug-likeness (QED) is 0.269. The molecule has 1 aliphatic heterocycles. The summed E-state index contributed by atoms with van der Waals surface area (Å²) < 4.78 is 0. The maximum absolute atomic E-state index is 13.9. The zero-order chi connectivity index (χ0) is 23.1. The van der Waals surface area contributed by atoms with Crippen LogP contribution in [0.3, 0.4) is 0 Å². The van der Waals surface area contributed by atoms with Gasteiger partial charge in [0.2, 0.25) is 11.8 Å². The van der Waals surface area contributed by atoms with E-state index < -0.39 is 34.0 Å². The van der Waals surface area contributed by atoms with E-state index in [9.17, 15) is 24.5 Å². The highest BCUT2D eigenvalue weighted by atomic mass is 16.6. The first-order valence-corrected chi connectivity index (χ1v) is 10.7. The largest absolute Gasteiger partial charge is 0.302 e. The number of nitro groups is 1. The molecule has 7 nitrogen and oxygen atoms in total. The normalized spacial score (nSPS) is 26.6. The van der Waals surface area contributed by atoms with Crippen LogP contribution in [0, 0.1) is 28.9 Å². The lowest BCUT2D eigenvalue weighted by Crippen LogP contribution is -2.54. The van der Waals surface area contributed by atoms with Gasteiger partial charge < -0.3 is 4.79 Å². The van der Waals surface area contributed by atoms with E-state index in [1.807, 2.05) is 48.5 Å². The number of carbonyl (C=O) groups excluding carboxylic acids is 3. The molecular formula is C26H18N2O5. The van der Waals surface area contributed by atoms with Crippen LogP contribution in [0.15, 0.2) is 66.7 Å². The number of carbonyl (C=O) groups is 3. The van der Waals surface area contributed by atoms with Gasteiger partial charge in [0.1, 0.15) is 6.29 Å². The molecule has 1 heterocycles. The Kier molecular flexibility index (Phi) is 3.82. The van der Waals surface area contributed by atoms with E-state index in [0.29, 0.717) is 5.56 Å². The number of nitrogens with zero attached hydrogens (tertiary/aromatic N) is 2. The van der Waals surface area contributed by atoms with Crippen molar-refractivity contribution in [1.82, 2.24) is 0 Å². The summed E-state index contributed by atoms with van der Waals surface area (Å²) in [7, 11) is 0. The van der Waals surface area contributed by atoms with Crippen LogP contribution in [-0.4, -0.2) is 23.0 Å². The molecule has 7 heteroatoms. The minimum atomic E-state index is -1.29. The van der Waals surface area contributed by atoms with Crippen molar-refractivity contribution in [2.24, 2.45) is 11.8 Å². The van der Waals surface area contributed by atoms with Crippen LogP contribution >= 0.6 is 0 Å². The molecule has 0 saturated carbocycles. The van der Waals surface area contributed by atoms with Crippen molar-refractivity contribution in [2.75, 3.05) is 4.90 Å². The second-order valence-corrected chi connectivity index (χ2v) is 8.88. The summed E-state index contributed by atoms with van der Waals surface area (Å²) in [5, 5.41) is 11.4. The van der Waals surface area contributed by atoms with Gasteiger partial charge in [0, 0.05) is 18.1 Å². The van der Waals surface area contributed by atoms with E-state index in [-0.39, 0.29) is 17.3 Å². The summed E-state index contributed by atoms with van der Waals surface area (Å²) in [6.45, 7) is 1.70. The summed E-state index contributed by atoms with van der Waals surface area (Å²) in [6.07, 6.45) is 0.812. The lowest BCUT2D eigenvalue weighted by Gasteiger charge is -2.51. The molecule has 4 aliphatic rings. The lowest BCUT2D eigenvalue weighted by molar-refractivity contribution is -0.384. The number of aldehydes is 1. The topological polar surface area (TPSA) is 97.6 Å². The molecule has 0 aromatic heterocycles. The van der Waals surface area contributed by atoms with Crippen LogP contribution in [0.1, 0.15) is 33.7 Å². The Labute approximate surface area is 188 Å². The van der Waals surface area contributed by atoms with E-state index >= 15 is 0 Å². The van der Waals surface area contributed by atoms with E-state index in [0.717, 1.165) is 33.4 Å². The summed E-state index contributed by atoms with van der Waals surface area (Å²) in [5.41, 5.74) is 2.54. The second kappa shape index (κ2) is 6.45. The highest BCUT2D eigenvalue weighted by Gasteiger charge is 2.68. The Morgan fingerprint density at radius 3 is 2.12 bits per heavy atom. The third kappa shape index (κ3) is 2.21. The molecule has 0 N–H and O–H groups in total. The molecule has 2 amide bonds. The zero-order valence-electron chi connectivity index (χ0n) is 17.6. The zero-order valence-corrected chi connectivity index (χ0v) is 17.6. The van der Waals surface area contributed by atoms with E-state index in [1.54, 1.807) is 6.92 Å². The Bertz CT molecular complexity index is 1360. The minimum absolute atomic E-state index is 0.196. The smallest absolute Gasteiger partial charge is 0.271 e. The fourth-order valence-corrected chi connectivity index (χ4v) is 6.22. The van der Waals surface area contributed by atoms with Gasteiger partial charge >= 0.3 is 0 Å². The molecule has 2 atom stereocenters. The van der Waals surface area contributed by atoms with Gasteiger partial charge in [-0.05, 0) is 34.7 Å². The van der Waals surface area contributed by atoms with Crippen LogP contribution < -0.4 is 4.90 Å². The SMILES string of the molecule is Cc1ccc([N+](=O)[O-])cc1N1C(=O)[C@@H]2C3c4ccccc4C(C=O)(c4ccccc43)[C@@H]2C1=O. The third-order valence-electron chi connectivity index (χ3n) is 7.51. The third-order valence-corrected chi connectivity index (χ3v) is 7.51. The number of hydrogen-bond acceptors (Lipinski definition) is 5. The standard InChI is InChI=1S/C26H18N2O5/c1-14-10-11-15(28(32)33)12-20(14)27-24(30)22-21-16-6-2-4-8-18(16)26(13-29,23(22)25(27)31)19-9-5-3-7-17(19)21/h2-13,21-23H,1H3/t21?,22-,23+,26?/m1/s1. The first-order chi connectivity index (χ1) is 15.9.